The maximum absolute atomic E-state index is 13.3. The van der Waals surface area contributed by atoms with Gasteiger partial charge in [-0.1, -0.05) is 37.3 Å². The monoisotopic (exact) mass is 497 g/mol. The Morgan fingerprint density at radius 2 is 1.74 bits per heavy atom. The van der Waals surface area contributed by atoms with Crippen molar-refractivity contribution in [3.63, 3.8) is 0 Å². The largest absolute Gasteiger partial charge is 0.334 e. The van der Waals surface area contributed by atoms with E-state index in [1.165, 1.54) is 4.90 Å². The van der Waals surface area contributed by atoms with Crippen LogP contribution >= 0.6 is 0 Å². The first-order chi connectivity index (χ1) is 16.7. The van der Waals surface area contributed by atoms with Gasteiger partial charge in [0.25, 0.3) is 0 Å². The van der Waals surface area contributed by atoms with Crippen molar-refractivity contribution < 1.29 is 18.0 Å². The first-order valence-electron chi connectivity index (χ1n) is 12.4. The fraction of sp³-hybridized carbons (Fsp3) is 0.481. The van der Waals surface area contributed by atoms with Crippen LogP contribution in [0.3, 0.4) is 0 Å². The summed E-state index contributed by atoms with van der Waals surface area (Å²) < 4.78 is 28.0. The number of nitrogens with zero attached hydrogens (tertiary/aromatic N) is 3. The van der Waals surface area contributed by atoms with Gasteiger partial charge in [0.1, 0.15) is 6.54 Å². The van der Waals surface area contributed by atoms with Crippen molar-refractivity contribution in [2.24, 2.45) is 5.92 Å². The van der Waals surface area contributed by atoms with Crippen LogP contribution in [0.5, 0.6) is 0 Å². The maximum Gasteiger partial charge on any atom is 0.243 e. The molecule has 0 N–H and O–H groups in total. The number of hydrogen-bond acceptors (Lipinski definition) is 4. The molecular weight excluding hydrogens is 462 g/mol. The molecule has 2 aromatic rings. The van der Waals surface area contributed by atoms with Crippen LogP contribution in [0.25, 0.3) is 0 Å². The van der Waals surface area contributed by atoms with E-state index in [9.17, 15) is 18.0 Å². The van der Waals surface area contributed by atoms with Crippen LogP contribution < -0.4 is 4.90 Å². The average molecular weight is 498 g/mol. The quantitative estimate of drug-likeness (QED) is 0.583. The second-order valence-corrected chi connectivity index (χ2v) is 11.9. The van der Waals surface area contributed by atoms with E-state index in [1.807, 2.05) is 44.2 Å². The third kappa shape index (κ3) is 5.59. The molecule has 0 radical (unpaired) electrons. The smallest absolute Gasteiger partial charge is 0.243 e. The van der Waals surface area contributed by atoms with Crippen LogP contribution in [-0.2, 0) is 32.6 Å². The van der Waals surface area contributed by atoms with Crippen molar-refractivity contribution in [2.45, 2.75) is 63.9 Å². The van der Waals surface area contributed by atoms with Gasteiger partial charge in [-0.3, -0.25) is 9.59 Å². The summed E-state index contributed by atoms with van der Waals surface area (Å²) in [4.78, 5) is 29.7. The summed E-state index contributed by atoms with van der Waals surface area (Å²) in [6, 6.07) is 14.7. The lowest BCUT2D eigenvalue weighted by molar-refractivity contribution is -0.133. The lowest BCUT2D eigenvalue weighted by Gasteiger charge is -2.34. The number of carbonyl (C=O) groups is 2. The second-order valence-electron chi connectivity index (χ2n) is 9.96. The Morgan fingerprint density at radius 3 is 2.40 bits per heavy atom. The van der Waals surface area contributed by atoms with Crippen molar-refractivity contribution in [2.75, 3.05) is 24.5 Å². The third-order valence-electron chi connectivity index (χ3n) is 7.06. The molecule has 0 bridgehead atoms. The van der Waals surface area contributed by atoms with Gasteiger partial charge < -0.3 is 9.80 Å². The molecule has 2 aliphatic heterocycles. The minimum atomic E-state index is -3.58. The van der Waals surface area contributed by atoms with Crippen LogP contribution in [0.2, 0.25) is 0 Å². The van der Waals surface area contributed by atoms with Gasteiger partial charge in [0.2, 0.25) is 21.8 Å². The van der Waals surface area contributed by atoms with E-state index >= 15 is 0 Å². The van der Waals surface area contributed by atoms with Crippen molar-refractivity contribution in [1.82, 2.24) is 9.21 Å². The highest BCUT2D eigenvalue weighted by atomic mass is 32.2. The Balaban J connectivity index is 1.54. The number of sulfonamides is 1. The molecule has 0 atom stereocenters. The predicted molar refractivity (Wildman–Crippen MR) is 136 cm³/mol. The zero-order chi connectivity index (χ0) is 25.2. The third-order valence-corrected chi connectivity index (χ3v) is 8.96. The normalized spacial score (nSPS) is 17.5. The number of fused-ring (bicyclic) bond motifs is 1. The molecule has 1 saturated heterocycles. The molecule has 0 saturated carbocycles. The molecule has 2 aliphatic rings. The van der Waals surface area contributed by atoms with Gasteiger partial charge in [-0.05, 0) is 68.4 Å². The summed E-state index contributed by atoms with van der Waals surface area (Å²) in [5.41, 5.74) is 2.45. The van der Waals surface area contributed by atoms with E-state index in [0.29, 0.717) is 37.7 Å². The van der Waals surface area contributed by atoms with Crippen LogP contribution in [0.1, 0.15) is 51.2 Å². The SMILES string of the molecule is CC1CCN(S(=O)(=O)c2ccc3c(c2)CCC(=O)N3CC(=O)N(Cc2ccccc2)C(C)C)CC1. The van der Waals surface area contributed by atoms with Crippen LogP contribution in [0.15, 0.2) is 53.4 Å². The molecule has 188 valence electrons. The summed E-state index contributed by atoms with van der Waals surface area (Å²) in [5.74, 6) is 0.286. The Hall–Kier alpha value is -2.71. The number of aryl methyl sites for hydroxylation is 1. The summed E-state index contributed by atoms with van der Waals surface area (Å²) in [7, 11) is -3.58. The average Bonchev–Trinajstić information content (AvgIpc) is 2.84. The molecule has 7 nitrogen and oxygen atoms in total. The fourth-order valence-corrected chi connectivity index (χ4v) is 6.33. The first kappa shape index (κ1) is 25.4. The Labute approximate surface area is 208 Å². The molecule has 2 amide bonds. The zero-order valence-electron chi connectivity index (χ0n) is 20.8. The van der Waals surface area contributed by atoms with Crippen LogP contribution in [-0.4, -0.2) is 55.1 Å². The predicted octanol–water partition coefficient (Wildman–Crippen LogP) is 3.82. The Bertz CT molecular complexity index is 1170. The van der Waals surface area contributed by atoms with E-state index in [2.05, 4.69) is 6.92 Å². The molecule has 2 heterocycles. The molecule has 0 aliphatic carbocycles. The molecule has 0 unspecified atom stereocenters. The van der Waals surface area contributed by atoms with Gasteiger partial charge in [-0.15, -0.1) is 0 Å². The van der Waals surface area contributed by atoms with E-state index in [-0.39, 0.29) is 35.7 Å². The highest BCUT2D eigenvalue weighted by Gasteiger charge is 2.32. The van der Waals surface area contributed by atoms with Crippen molar-refractivity contribution in [1.29, 1.82) is 0 Å². The summed E-state index contributed by atoms with van der Waals surface area (Å²) >= 11 is 0. The topological polar surface area (TPSA) is 78.0 Å². The number of piperidine rings is 1. The highest BCUT2D eigenvalue weighted by molar-refractivity contribution is 7.89. The molecule has 0 aromatic heterocycles. The van der Waals surface area contributed by atoms with E-state index in [1.54, 1.807) is 27.4 Å². The lowest BCUT2D eigenvalue weighted by atomic mass is 10.0. The van der Waals surface area contributed by atoms with Crippen LogP contribution in [0, 0.1) is 5.92 Å². The molecule has 4 rings (SSSR count). The minimum Gasteiger partial charge on any atom is -0.334 e. The van der Waals surface area contributed by atoms with Crippen molar-refractivity contribution >= 4 is 27.5 Å². The number of anilines is 1. The van der Waals surface area contributed by atoms with E-state index in [0.717, 1.165) is 24.0 Å². The Morgan fingerprint density at radius 1 is 1.06 bits per heavy atom. The number of rotatable bonds is 7. The summed E-state index contributed by atoms with van der Waals surface area (Å²) in [6.07, 6.45) is 2.45. The van der Waals surface area contributed by atoms with Gasteiger partial charge >= 0.3 is 0 Å². The maximum atomic E-state index is 13.3. The zero-order valence-corrected chi connectivity index (χ0v) is 21.6. The van der Waals surface area contributed by atoms with Gasteiger partial charge in [-0.2, -0.15) is 4.31 Å². The van der Waals surface area contributed by atoms with Gasteiger partial charge in [0.15, 0.2) is 0 Å². The van der Waals surface area contributed by atoms with Gasteiger partial charge in [0.05, 0.1) is 4.90 Å². The summed E-state index contributed by atoms with van der Waals surface area (Å²) in [5, 5.41) is 0. The second kappa shape index (κ2) is 10.5. The highest BCUT2D eigenvalue weighted by Crippen LogP contribution is 2.32. The molecule has 8 heteroatoms. The first-order valence-corrected chi connectivity index (χ1v) is 13.9. The summed E-state index contributed by atoms with van der Waals surface area (Å²) in [6.45, 7) is 7.55. The van der Waals surface area contributed by atoms with Crippen molar-refractivity contribution in [3.8, 4) is 0 Å². The van der Waals surface area contributed by atoms with Gasteiger partial charge in [0, 0.05) is 37.8 Å². The standard InChI is InChI=1S/C27H35N3O4S/c1-20(2)29(18-22-7-5-4-6-8-22)27(32)19-30-25-11-10-24(17-23(25)9-12-26(30)31)35(33,34)28-15-13-21(3)14-16-28/h4-8,10-11,17,20-21H,9,12-16,18-19H2,1-3H3. The molecule has 2 aromatic carbocycles. The van der Waals surface area contributed by atoms with E-state index in [4.69, 9.17) is 0 Å². The van der Waals surface area contributed by atoms with Gasteiger partial charge in [-0.25, -0.2) is 8.42 Å². The molecular formula is C27H35N3O4S. The minimum absolute atomic E-state index is 0.0261. The number of benzene rings is 2. The van der Waals surface area contributed by atoms with Crippen LogP contribution in [0.4, 0.5) is 5.69 Å². The number of carbonyl (C=O) groups excluding carboxylic acids is 2. The fourth-order valence-electron chi connectivity index (χ4n) is 4.81. The van der Waals surface area contributed by atoms with E-state index < -0.39 is 10.0 Å². The lowest BCUT2D eigenvalue weighted by Crippen LogP contribution is -2.46. The Kier molecular flexibility index (Phi) is 7.62. The number of hydrogen-bond donors (Lipinski definition) is 0. The molecule has 0 spiro atoms. The molecule has 35 heavy (non-hydrogen) atoms. The molecule has 1 fully saturated rings. The van der Waals surface area contributed by atoms with Crippen molar-refractivity contribution in [3.05, 3.63) is 59.7 Å². The number of amides is 2.